The molecule has 0 radical (unpaired) electrons. The number of anilines is 2. The molecule has 2 fully saturated rings. The summed E-state index contributed by atoms with van der Waals surface area (Å²) in [7, 11) is 1.62. The molecule has 2 bridgehead atoms. The van der Waals surface area contributed by atoms with Crippen molar-refractivity contribution in [2.75, 3.05) is 37.0 Å². The van der Waals surface area contributed by atoms with Crippen molar-refractivity contribution in [2.45, 2.75) is 32.4 Å². The predicted octanol–water partition coefficient (Wildman–Crippen LogP) is 3.93. The second kappa shape index (κ2) is 9.71. The van der Waals surface area contributed by atoms with Crippen molar-refractivity contribution in [1.29, 1.82) is 0 Å². The van der Waals surface area contributed by atoms with Crippen LogP contribution in [-0.4, -0.2) is 57.6 Å². The number of hydrogen-bond donors (Lipinski definition) is 1. The fraction of sp³-hybridized carbons (Fsp3) is 0.478. The lowest BCUT2D eigenvalue weighted by Gasteiger charge is -2.38. The van der Waals surface area contributed by atoms with Gasteiger partial charge in [-0.15, -0.1) is 5.10 Å². The van der Waals surface area contributed by atoms with Crippen molar-refractivity contribution < 1.29 is 13.9 Å². The van der Waals surface area contributed by atoms with Gasteiger partial charge in [0.2, 0.25) is 5.95 Å². The van der Waals surface area contributed by atoms with Crippen molar-refractivity contribution in [1.82, 2.24) is 24.7 Å². The third-order valence-electron chi connectivity index (χ3n) is 6.43. The third kappa shape index (κ3) is 4.92. The number of rotatable bonds is 8. The molecule has 1 aromatic carbocycles. The largest absolute Gasteiger partial charge is 0.424 e. The van der Waals surface area contributed by atoms with Crippen molar-refractivity contribution in [3.8, 4) is 11.8 Å². The lowest BCUT2D eigenvalue weighted by Crippen LogP contribution is -2.48. The molecule has 0 amide bonds. The maximum atomic E-state index is 13.8. The fourth-order valence-corrected chi connectivity index (χ4v) is 5.10. The highest BCUT2D eigenvalue weighted by Crippen LogP contribution is 2.40. The van der Waals surface area contributed by atoms with Crippen molar-refractivity contribution in [3.05, 3.63) is 47.1 Å². The number of aromatic nitrogens is 5. The molecule has 5 rings (SSSR count). The molecule has 1 saturated heterocycles. The highest BCUT2D eigenvalue weighted by atomic mass is 35.5. The Bertz CT molecular complexity index is 1130. The van der Waals surface area contributed by atoms with Crippen LogP contribution in [0, 0.1) is 24.6 Å². The van der Waals surface area contributed by atoms with Gasteiger partial charge in [0.1, 0.15) is 23.7 Å². The molecule has 1 aliphatic heterocycles. The SMILES string of the molecule is COCCn1nc(N[C@H]2[C@@H]3CC[C@H]2CN(c2cc(C)ncn2)C3)nc1Oc1cc(F)cc(Cl)c1. The Hall–Kier alpha value is -2.98. The number of aryl methyl sites for hydroxylation is 1. The van der Waals surface area contributed by atoms with E-state index in [2.05, 4.69) is 30.3 Å². The zero-order chi connectivity index (χ0) is 23.7. The molecule has 180 valence electrons. The van der Waals surface area contributed by atoms with Crippen LogP contribution in [0.4, 0.5) is 16.2 Å². The van der Waals surface area contributed by atoms with Crippen LogP contribution in [0.3, 0.4) is 0 Å². The Labute approximate surface area is 202 Å². The number of nitrogens with one attached hydrogen (secondary N) is 1. The minimum atomic E-state index is -0.481. The summed E-state index contributed by atoms with van der Waals surface area (Å²) in [5, 5.41) is 8.39. The molecule has 2 aliphatic rings. The summed E-state index contributed by atoms with van der Waals surface area (Å²) in [5.74, 6) is 2.15. The number of methoxy groups -OCH3 is 1. The van der Waals surface area contributed by atoms with E-state index < -0.39 is 5.82 Å². The van der Waals surface area contributed by atoms with E-state index in [9.17, 15) is 4.39 Å². The molecule has 9 nitrogen and oxygen atoms in total. The van der Waals surface area contributed by atoms with E-state index in [1.54, 1.807) is 18.1 Å². The molecule has 0 spiro atoms. The average Bonchev–Trinajstić information content (AvgIpc) is 3.26. The number of nitrogens with zero attached hydrogens (tertiary/aromatic N) is 6. The summed E-state index contributed by atoms with van der Waals surface area (Å²) >= 11 is 5.97. The van der Waals surface area contributed by atoms with E-state index in [1.807, 2.05) is 13.0 Å². The van der Waals surface area contributed by atoms with Gasteiger partial charge in [0.25, 0.3) is 0 Å². The van der Waals surface area contributed by atoms with E-state index in [0.717, 1.165) is 37.4 Å². The lowest BCUT2D eigenvalue weighted by molar-refractivity contribution is 0.179. The number of hydrogen-bond acceptors (Lipinski definition) is 8. The summed E-state index contributed by atoms with van der Waals surface area (Å²) in [4.78, 5) is 15.6. The molecule has 3 aromatic rings. The van der Waals surface area contributed by atoms with E-state index in [0.29, 0.717) is 30.9 Å². The van der Waals surface area contributed by atoms with E-state index >= 15 is 0 Å². The number of ether oxygens (including phenoxy) is 2. The molecule has 0 unspecified atom stereocenters. The van der Waals surface area contributed by atoms with Gasteiger partial charge < -0.3 is 19.7 Å². The Morgan fingerprint density at radius 2 is 1.94 bits per heavy atom. The van der Waals surface area contributed by atoms with Gasteiger partial charge in [-0.05, 0) is 43.7 Å². The van der Waals surface area contributed by atoms with Gasteiger partial charge in [-0.3, -0.25) is 0 Å². The summed E-state index contributed by atoms with van der Waals surface area (Å²) in [6, 6.07) is 6.57. The number of halogens is 2. The second-order valence-electron chi connectivity index (χ2n) is 8.83. The van der Waals surface area contributed by atoms with Gasteiger partial charge in [0.15, 0.2) is 0 Å². The molecule has 3 atom stereocenters. The zero-order valence-corrected chi connectivity index (χ0v) is 19.9. The van der Waals surface area contributed by atoms with Gasteiger partial charge in [0.05, 0.1) is 13.2 Å². The smallest absolute Gasteiger partial charge is 0.322 e. The van der Waals surface area contributed by atoms with Crippen LogP contribution in [0.25, 0.3) is 0 Å². The Morgan fingerprint density at radius 1 is 1.15 bits per heavy atom. The van der Waals surface area contributed by atoms with Crippen LogP contribution in [0.2, 0.25) is 5.02 Å². The Morgan fingerprint density at radius 3 is 2.65 bits per heavy atom. The minimum Gasteiger partial charge on any atom is -0.424 e. The van der Waals surface area contributed by atoms with Crippen LogP contribution in [0.15, 0.2) is 30.6 Å². The topological polar surface area (TPSA) is 90.2 Å². The monoisotopic (exact) mass is 487 g/mol. The Kier molecular flexibility index (Phi) is 6.51. The van der Waals surface area contributed by atoms with E-state index in [-0.39, 0.29) is 22.8 Å². The van der Waals surface area contributed by atoms with Gasteiger partial charge >= 0.3 is 6.01 Å². The molecule has 11 heteroatoms. The molecule has 34 heavy (non-hydrogen) atoms. The molecular weight excluding hydrogens is 461 g/mol. The summed E-state index contributed by atoms with van der Waals surface area (Å²) in [6.07, 6.45) is 3.90. The first kappa shape index (κ1) is 22.8. The highest BCUT2D eigenvalue weighted by Gasteiger charge is 2.43. The summed E-state index contributed by atoms with van der Waals surface area (Å²) in [5.41, 5.74) is 0.968. The second-order valence-corrected chi connectivity index (χ2v) is 9.27. The van der Waals surface area contributed by atoms with Gasteiger partial charge in [-0.2, -0.15) is 4.98 Å². The van der Waals surface area contributed by atoms with Crippen molar-refractivity contribution >= 4 is 23.4 Å². The summed E-state index contributed by atoms with van der Waals surface area (Å²) in [6.45, 7) is 4.70. The van der Waals surface area contributed by atoms with E-state index in [4.69, 9.17) is 21.1 Å². The predicted molar refractivity (Wildman–Crippen MR) is 126 cm³/mol. The first-order valence-electron chi connectivity index (χ1n) is 11.4. The normalized spacial score (nSPS) is 21.6. The van der Waals surface area contributed by atoms with Crippen LogP contribution >= 0.6 is 11.6 Å². The molecule has 1 aliphatic carbocycles. The van der Waals surface area contributed by atoms with Gasteiger partial charge in [0, 0.05) is 49.1 Å². The number of benzene rings is 1. The standard InChI is InChI=1S/C23H27ClFN7O2/c1-14-7-20(27-13-26-14)31-11-15-3-4-16(12-31)21(15)28-22-29-23(32(30-22)5-6-33-2)34-19-9-17(24)8-18(25)10-19/h7-10,13,15-16,21H,3-6,11-12H2,1-2H3,(H,28,30)/t15-,16+,21+. The van der Waals surface area contributed by atoms with Crippen LogP contribution in [-0.2, 0) is 11.3 Å². The minimum absolute atomic E-state index is 0.249. The molecule has 2 aromatic heterocycles. The van der Waals surface area contributed by atoms with Gasteiger partial charge in [-0.25, -0.2) is 19.0 Å². The molecular formula is C23H27ClFN7O2. The average molecular weight is 488 g/mol. The van der Waals surface area contributed by atoms with Crippen LogP contribution in [0.5, 0.6) is 11.8 Å². The van der Waals surface area contributed by atoms with E-state index in [1.165, 1.54) is 18.2 Å². The highest BCUT2D eigenvalue weighted by molar-refractivity contribution is 6.30. The van der Waals surface area contributed by atoms with Crippen molar-refractivity contribution in [2.24, 2.45) is 11.8 Å². The maximum Gasteiger partial charge on any atom is 0.322 e. The van der Waals surface area contributed by atoms with Crippen LogP contribution in [0.1, 0.15) is 18.5 Å². The molecule has 1 N–H and O–H groups in total. The zero-order valence-electron chi connectivity index (χ0n) is 19.1. The quantitative estimate of drug-likeness (QED) is 0.511. The lowest BCUT2D eigenvalue weighted by atomic mass is 9.92. The number of piperidine rings is 1. The summed E-state index contributed by atoms with van der Waals surface area (Å²) < 4.78 is 26.4. The molecule has 1 saturated carbocycles. The Balaban J connectivity index is 1.32. The first-order valence-corrected chi connectivity index (χ1v) is 11.7. The maximum absolute atomic E-state index is 13.8. The van der Waals surface area contributed by atoms with Crippen LogP contribution < -0.4 is 15.0 Å². The molecule has 3 heterocycles. The first-order chi connectivity index (χ1) is 16.5. The van der Waals surface area contributed by atoms with Gasteiger partial charge in [-0.1, -0.05) is 11.6 Å². The third-order valence-corrected chi connectivity index (χ3v) is 6.65. The van der Waals surface area contributed by atoms with Crippen molar-refractivity contribution in [3.63, 3.8) is 0 Å². The number of fused-ring (bicyclic) bond motifs is 2. The fourth-order valence-electron chi connectivity index (χ4n) is 4.89.